The van der Waals surface area contributed by atoms with E-state index in [1.54, 1.807) is 7.11 Å². The molecule has 0 saturated carbocycles. The maximum atomic E-state index is 5.87. The fourth-order valence-corrected chi connectivity index (χ4v) is 2.93. The summed E-state index contributed by atoms with van der Waals surface area (Å²) in [5.74, 6) is 1.46. The van der Waals surface area contributed by atoms with Gasteiger partial charge in [-0.3, -0.25) is 0 Å². The van der Waals surface area contributed by atoms with Crippen LogP contribution in [-0.2, 0) is 6.54 Å². The Labute approximate surface area is 101 Å². The smallest absolute Gasteiger partial charge is 0.128 e. The van der Waals surface area contributed by atoms with Crippen LogP contribution in [0.3, 0.4) is 0 Å². The molecule has 1 atom stereocenters. The van der Waals surface area contributed by atoms with Gasteiger partial charge in [-0.1, -0.05) is 6.07 Å². The second-order valence-electron chi connectivity index (χ2n) is 4.69. The predicted octanol–water partition coefficient (Wildman–Crippen LogP) is 2.49. The highest BCUT2D eigenvalue weighted by molar-refractivity contribution is 5.87. The molecule has 0 aliphatic carbocycles. The first-order chi connectivity index (χ1) is 8.35. The second-order valence-corrected chi connectivity index (χ2v) is 4.69. The lowest BCUT2D eigenvalue weighted by molar-refractivity contribution is 0.420. The van der Waals surface area contributed by atoms with Crippen LogP contribution in [0.5, 0.6) is 5.75 Å². The fraction of sp³-hybridized carbons (Fsp3) is 0.429. The van der Waals surface area contributed by atoms with Gasteiger partial charge in [-0.25, -0.2) is 0 Å². The third-order valence-electron chi connectivity index (χ3n) is 3.79. The van der Waals surface area contributed by atoms with E-state index in [1.165, 1.54) is 29.4 Å². The summed E-state index contributed by atoms with van der Waals surface area (Å²) in [5, 5.41) is 1.21. The zero-order valence-electron chi connectivity index (χ0n) is 10.1. The number of benzene rings is 1. The molecule has 0 bridgehead atoms. The zero-order chi connectivity index (χ0) is 11.8. The summed E-state index contributed by atoms with van der Waals surface area (Å²) in [6, 6.07) is 8.50. The maximum Gasteiger partial charge on any atom is 0.128 e. The van der Waals surface area contributed by atoms with Gasteiger partial charge in [0, 0.05) is 30.1 Å². The van der Waals surface area contributed by atoms with Gasteiger partial charge in [0.1, 0.15) is 5.75 Å². The van der Waals surface area contributed by atoms with Crippen LogP contribution in [0.2, 0.25) is 0 Å². The lowest BCUT2D eigenvalue weighted by atomic mass is 9.96. The Kier molecular flexibility index (Phi) is 2.56. The van der Waals surface area contributed by atoms with Crippen LogP contribution in [0.4, 0.5) is 0 Å². The van der Waals surface area contributed by atoms with E-state index < -0.39 is 0 Å². The van der Waals surface area contributed by atoms with E-state index in [0.29, 0.717) is 5.92 Å². The molecule has 1 aromatic heterocycles. The summed E-state index contributed by atoms with van der Waals surface area (Å²) in [5.41, 5.74) is 8.51. The first kappa shape index (κ1) is 10.7. The van der Waals surface area contributed by atoms with Gasteiger partial charge in [-0.2, -0.15) is 0 Å². The average molecular weight is 230 g/mol. The molecule has 3 heteroatoms. The van der Waals surface area contributed by atoms with Crippen LogP contribution in [-0.4, -0.2) is 18.2 Å². The first-order valence-corrected chi connectivity index (χ1v) is 6.21. The molecule has 0 amide bonds. The summed E-state index contributed by atoms with van der Waals surface area (Å²) in [6.07, 6.45) is 2.42. The molecule has 1 aliphatic heterocycles. The Bertz CT molecular complexity index is 544. The molecule has 2 aromatic rings. The highest BCUT2D eigenvalue weighted by atomic mass is 16.5. The number of hydrogen-bond acceptors (Lipinski definition) is 2. The number of rotatable bonds is 2. The first-order valence-electron chi connectivity index (χ1n) is 6.21. The van der Waals surface area contributed by atoms with Crippen molar-refractivity contribution in [2.75, 3.05) is 13.7 Å². The topological polar surface area (TPSA) is 40.2 Å². The largest absolute Gasteiger partial charge is 0.496 e. The van der Waals surface area contributed by atoms with Crippen molar-refractivity contribution in [3.63, 3.8) is 0 Å². The van der Waals surface area contributed by atoms with E-state index in [4.69, 9.17) is 10.5 Å². The van der Waals surface area contributed by atoms with Crippen molar-refractivity contribution >= 4 is 10.9 Å². The van der Waals surface area contributed by atoms with Crippen molar-refractivity contribution in [2.45, 2.75) is 25.3 Å². The molecule has 3 rings (SSSR count). The summed E-state index contributed by atoms with van der Waals surface area (Å²) < 4.78 is 7.83. The average Bonchev–Trinajstić information content (AvgIpc) is 2.77. The van der Waals surface area contributed by atoms with E-state index in [9.17, 15) is 0 Å². The molecule has 3 nitrogen and oxygen atoms in total. The highest BCUT2D eigenvalue weighted by Gasteiger charge is 2.22. The fourth-order valence-electron chi connectivity index (χ4n) is 2.93. The van der Waals surface area contributed by atoms with Crippen molar-refractivity contribution in [3.05, 3.63) is 30.0 Å². The number of methoxy groups -OCH3 is 1. The van der Waals surface area contributed by atoms with Crippen LogP contribution in [0.25, 0.3) is 10.9 Å². The number of nitrogens with two attached hydrogens (primary N) is 1. The van der Waals surface area contributed by atoms with E-state index in [2.05, 4.69) is 22.8 Å². The van der Waals surface area contributed by atoms with Crippen LogP contribution < -0.4 is 10.5 Å². The molecule has 0 radical (unpaired) electrons. The second kappa shape index (κ2) is 4.08. The Hall–Kier alpha value is -1.48. The Morgan fingerprint density at radius 3 is 3.12 bits per heavy atom. The molecular formula is C14H18N2O. The summed E-state index contributed by atoms with van der Waals surface area (Å²) in [4.78, 5) is 0. The Balaban J connectivity index is 2.25. The minimum Gasteiger partial charge on any atom is -0.496 e. The Morgan fingerprint density at radius 2 is 2.35 bits per heavy atom. The van der Waals surface area contributed by atoms with Crippen LogP contribution >= 0.6 is 0 Å². The predicted molar refractivity (Wildman–Crippen MR) is 69.5 cm³/mol. The lowest BCUT2D eigenvalue weighted by Crippen LogP contribution is -2.21. The third-order valence-corrected chi connectivity index (χ3v) is 3.79. The van der Waals surface area contributed by atoms with Crippen LogP contribution in [0, 0.1) is 0 Å². The SMILES string of the molecule is COc1cccc2c1cc1n2CCCC1CN. The number of ether oxygens (including phenoxy) is 1. The number of aromatic nitrogens is 1. The van der Waals surface area contributed by atoms with Gasteiger partial charge < -0.3 is 15.0 Å². The van der Waals surface area contributed by atoms with E-state index in [1.807, 2.05) is 6.07 Å². The van der Waals surface area contributed by atoms with Gasteiger partial charge in [0.05, 0.1) is 12.6 Å². The van der Waals surface area contributed by atoms with Gasteiger partial charge in [0.2, 0.25) is 0 Å². The molecule has 0 fully saturated rings. The maximum absolute atomic E-state index is 5.87. The van der Waals surface area contributed by atoms with Crippen molar-refractivity contribution < 1.29 is 4.74 Å². The van der Waals surface area contributed by atoms with Gasteiger partial charge in [-0.15, -0.1) is 0 Å². The van der Waals surface area contributed by atoms with Gasteiger partial charge in [0.25, 0.3) is 0 Å². The van der Waals surface area contributed by atoms with Gasteiger partial charge in [0.15, 0.2) is 0 Å². The number of aryl methyl sites for hydroxylation is 1. The van der Waals surface area contributed by atoms with Gasteiger partial charge >= 0.3 is 0 Å². The van der Waals surface area contributed by atoms with Crippen molar-refractivity contribution in [2.24, 2.45) is 5.73 Å². The number of hydrogen-bond donors (Lipinski definition) is 1. The molecular weight excluding hydrogens is 212 g/mol. The van der Waals surface area contributed by atoms with E-state index in [0.717, 1.165) is 18.8 Å². The minimum atomic E-state index is 0.501. The Morgan fingerprint density at radius 1 is 1.47 bits per heavy atom. The molecule has 17 heavy (non-hydrogen) atoms. The molecule has 0 spiro atoms. The molecule has 2 N–H and O–H groups in total. The zero-order valence-corrected chi connectivity index (χ0v) is 10.1. The van der Waals surface area contributed by atoms with Crippen LogP contribution in [0.1, 0.15) is 24.5 Å². The highest BCUT2D eigenvalue weighted by Crippen LogP contribution is 2.35. The minimum absolute atomic E-state index is 0.501. The summed E-state index contributed by atoms with van der Waals surface area (Å²) >= 11 is 0. The molecule has 90 valence electrons. The van der Waals surface area contributed by atoms with Crippen LogP contribution in [0.15, 0.2) is 24.3 Å². The molecule has 0 saturated heterocycles. The quantitative estimate of drug-likeness (QED) is 0.861. The standard InChI is InChI=1S/C14H18N2O/c1-17-14-6-2-5-12-11(14)8-13-10(9-15)4-3-7-16(12)13/h2,5-6,8,10H,3-4,7,9,15H2,1H3. The van der Waals surface area contributed by atoms with Crippen molar-refractivity contribution in [1.29, 1.82) is 0 Å². The molecule has 1 aliphatic rings. The number of fused-ring (bicyclic) bond motifs is 3. The van der Waals surface area contributed by atoms with Crippen molar-refractivity contribution in [3.8, 4) is 5.75 Å². The summed E-state index contributed by atoms with van der Waals surface area (Å²) in [6.45, 7) is 1.83. The molecule has 2 heterocycles. The van der Waals surface area contributed by atoms with Crippen molar-refractivity contribution in [1.82, 2.24) is 4.57 Å². The third kappa shape index (κ3) is 1.53. The monoisotopic (exact) mass is 230 g/mol. The molecule has 1 aromatic carbocycles. The van der Waals surface area contributed by atoms with E-state index >= 15 is 0 Å². The van der Waals surface area contributed by atoms with E-state index in [-0.39, 0.29) is 0 Å². The van der Waals surface area contributed by atoms with Gasteiger partial charge in [-0.05, 0) is 31.0 Å². The molecule has 1 unspecified atom stereocenters. The number of nitrogens with zero attached hydrogens (tertiary/aromatic N) is 1. The normalized spacial score (nSPS) is 19.3. The lowest BCUT2D eigenvalue weighted by Gasteiger charge is -2.24. The summed E-state index contributed by atoms with van der Waals surface area (Å²) in [7, 11) is 1.73.